The Bertz CT molecular complexity index is 523. The fourth-order valence-corrected chi connectivity index (χ4v) is 5.09. The lowest BCUT2D eigenvalue weighted by Gasteiger charge is -2.46. The Morgan fingerprint density at radius 3 is 2.46 bits per heavy atom. The number of hydrogen-bond acceptors (Lipinski definition) is 3. The van der Waals surface area contributed by atoms with Crippen molar-refractivity contribution in [2.75, 3.05) is 26.2 Å². The van der Waals surface area contributed by atoms with E-state index in [9.17, 15) is 9.59 Å². The van der Waals surface area contributed by atoms with Gasteiger partial charge in [-0.1, -0.05) is 19.3 Å². The summed E-state index contributed by atoms with van der Waals surface area (Å²) < 4.78 is 6.19. The zero-order chi connectivity index (χ0) is 20.0. The third-order valence-corrected chi connectivity index (χ3v) is 6.76. The molecule has 2 saturated heterocycles. The Morgan fingerprint density at radius 2 is 1.79 bits per heavy atom. The summed E-state index contributed by atoms with van der Waals surface area (Å²) in [4.78, 5) is 26.6. The van der Waals surface area contributed by atoms with Crippen LogP contribution in [0.3, 0.4) is 0 Å². The standard InChI is InChI=1S/C22H39N3O3/c1-17(2)24-21(27)25-11-9-22(10-12-25)15-19(8-13-28-22)14-20(26)23-16-18-6-4-3-5-7-18/h17-19H,3-16H2,1-2H3,(H,23,26)(H,24,27). The maximum Gasteiger partial charge on any atom is 0.317 e. The Morgan fingerprint density at radius 1 is 1.07 bits per heavy atom. The third-order valence-electron chi connectivity index (χ3n) is 6.76. The smallest absolute Gasteiger partial charge is 0.317 e. The van der Waals surface area contributed by atoms with Gasteiger partial charge in [-0.3, -0.25) is 4.79 Å². The summed E-state index contributed by atoms with van der Waals surface area (Å²) in [6, 6.07) is 0.185. The number of hydrogen-bond donors (Lipinski definition) is 2. The minimum absolute atomic E-state index is 0.0271. The molecule has 6 nitrogen and oxygen atoms in total. The van der Waals surface area contributed by atoms with Gasteiger partial charge in [0.15, 0.2) is 0 Å². The first-order valence-corrected chi connectivity index (χ1v) is 11.4. The van der Waals surface area contributed by atoms with Gasteiger partial charge in [0.1, 0.15) is 0 Å². The predicted octanol–water partition coefficient (Wildman–Crippen LogP) is 3.45. The molecule has 3 amide bonds. The van der Waals surface area contributed by atoms with E-state index in [-0.39, 0.29) is 23.6 Å². The van der Waals surface area contributed by atoms with Gasteiger partial charge in [0.2, 0.25) is 5.91 Å². The highest BCUT2D eigenvalue weighted by Gasteiger charge is 2.41. The molecule has 1 atom stereocenters. The fraction of sp³-hybridized carbons (Fsp3) is 0.909. The molecule has 160 valence electrons. The minimum atomic E-state index is -0.138. The van der Waals surface area contributed by atoms with Crippen LogP contribution in [0, 0.1) is 11.8 Å². The molecule has 0 radical (unpaired) electrons. The number of nitrogens with one attached hydrogen (secondary N) is 2. The van der Waals surface area contributed by atoms with Crippen molar-refractivity contribution in [1.29, 1.82) is 0 Å². The molecule has 2 aliphatic heterocycles. The summed E-state index contributed by atoms with van der Waals surface area (Å²) in [5, 5.41) is 6.16. The lowest BCUT2D eigenvalue weighted by molar-refractivity contribution is -0.134. The number of nitrogens with zero attached hydrogens (tertiary/aromatic N) is 1. The van der Waals surface area contributed by atoms with E-state index in [4.69, 9.17) is 4.74 Å². The normalized spacial score (nSPS) is 25.7. The quantitative estimate of drug-likeness (QED) is 0.751. The van der Waals surface area contributed by atoms with Gasteiger partial charge >= 0.3 is 6.03 Å². The highest BCUT2D eigenvalue weighted by molar-refractivity contribution is 5.76. The van der Waals surface area contributed by atoms with Crippen molar-refractivity contribution in [2.24, 2.45) is 11.8 Å². The van der Waals surface area contributed by atoms with Crippen molar-refractivity contribution in [3.05, 3.63) is 0 Å². The molecule has 3 rings (SSSR count). The van der Waals surface area contributed by atoms with Crippen LogP contribution in [0.5, 0.6) is 0 Å². The molecule has 0 aromatic heterocycles. The summed E-state index contributed by atoms with van der Waals surface area (Å²) in [6.07, 6.45) is 10.8. The topological polar surface area (TPSA) is 70.7 Å². The number of carbonyl (C=O) groups is 2. The van der Waals surface area contributed by atoms with E-state index in [1.54, 1.807) is 0 Å². The maximum atomic E-state index is 12.5. The van der Waals surface area contributed by atoms with Crippen molar-refractivity contribution < 1.29 is 14.3 Å². The van der Waals surface area contributed by atoms with Gasteiger partial charge in [0.25, 0.3) is 0 Å². The highest BCUT2D eigenvalue weighted by Crippen LogP contribution is 2.38. The van der Waals surface area contributed by atoms with E-state index >= 15 is 0 Å². The first kappa shape index (κ1) is 21.4. The summed E-state index contributed by atoms with van der Waals surface area (Å²) in [5.41, 5.74) is -0.138. The fourth-order valence-electron chi connectivity index (χ4n) is 5.09. The highest BCUT2D eigenvalue weighted by atomic mass is 16.5. The summed E-state index contributed by atoms with van der Waals surface area (Å²) in [7, 11) is 0. The SMILES string of the molecule is CC(C)NC(=O)N1CCC2(CC1)CC(CC(=O)NCC1CCCCC1)CCO2. The average molecular weight is 394 g/mol. The molecule has 3 fully saturated rings. The number of rotatable bonds is 5. The van der Waals surface area contributed by atoms with Gasteiger partial charge in [0, 0.05) is 38.7 Å². The first-order chi connectivity index (χ1) is 13.5. The van der Waals surface area contributed by atoms with Crippen molar-refractivity contribution >= 4 is 11.9 Å². The van der Waals surface area contributed by atoms with E-state index in [2.05, 4.69) is 10.6 Å². The van der Waals surface area contributed by atoms with Gasteiger partial charge in [-0.25, -0.2) is 4.79 Å². The molecule has 2 heterocycles. The van der Waals surface area contributed by atoms with Crippen LogP contribution in [0.1, 0.15) is 78.1 Å². The van der Waals surface area contributed by atoms with E-state index < -0.39 is 0 Å². The van der Waals surface area contributed by atoms with Gasteiger partial charge < -0.3 is 20.3 Å². The number of carbonyl (C=O) groups excluding carboxylic acids is 2. The Labute approximate surface area is 170 Å². The van der Waals surface area contributed by atoms with Crippen LogP contribution in [-0.2, 0) is 9.53 Å². The van der Waals surface area contributed by atoms with Crippen LogP contribution < -0.4 is 10.6 Å². The monoisotopic (exact) mass is 393 g/mol. The lowest BCUT2D eigenvalue weighted by atomic mass is 9.78. The maximum absolute atomic E-state index is 12.5. The van der Waals surface area contributed by atoms with Crippen molar-refractivity contribution in [2.45, 2.75) is 89.7 Å². The molecule has 1 saturated carbocycles. The van der Waals surface area contributed by atoms with E-state index in [1.165, 1.54) is 32.1 Å². The molecule has 3 aliphatic rings. The number of ether oxygens (including phenoxy) is 1. The molecule has 1 unspecified atom stereocenters. The van der Waals surface area contributed by atoms with Gasteiger partial charge in [-0.2, -0.15) is 0 Å². The second-order valence-corrected chi connectivity index (χ2v) is 9.49. The molecule has 0 aromatic carbocycles. The van der Waals surface area contributed by atoms with Crippen molar-refractivity contribution in [3.8, 4) is 0 Å². The summed E-state index contributed by atoms with van der Waals surface area (Å²) in [6.45, 7) is 7.03. The lowest BCUT2D eigenvalue weighted by Crippen LogP contribution is -2.53. The van der Waals surface area contributed by atoms with E-state index in [1.807, 2.05) is 18.7 Å². The summed E-state index contributed by atoms with van der Waals surface area (Å²) in [5.74, 6) is 1.29. The van der Waals surface area contributed by atoms with Crippen LogP contribution in [0.4, 0.5) is 4.79 Å². The molecule has 1 spiro atoms. The first-order valence-electron chi connectivity index (χ1n) is 11.4. The van der Waals surface area contributed by atoms with Crippen LogP contribution in [0.15, 0.2) is 0 Å². The molecular formula is C22H39N3O3. The number of likely N-dealkylation sites (tertiary alicyclic amines) is 1. The van der Waals surface area contributed by atoms with Gasteiger partial charge in [-0.05, 0) is 64.2 Å². The summed E-state index contributed by atoms with van der Waals surface area (Å²) >= 11 is 0. The Kier molecular flexibility index (Phi) is 7.61. The van der Waals surface area contributed by atoms with Crippen LogP contribution in [0.2, 0.25) is 0 Å². The van der Waals surface area contributed by atoms with Crippen LogP contribution in [0.25, 0.3) is 0 Å². The number of piperidine rings is 1. The molecule has 0 aromatic rings. The van der Waals surface area contributed by atoms with Gasteiger partial charge in [0.05, 0.1) is 5.60 Å². The zero-order valence-corrected chi connectivity index (χ0v) is 17.8. The second-order valence-electron chi connectivity index (χ2n) is 9.49. The Balaban J connectivity index is 1.41. The van der Waals surface area contributed by atoms with Gasteiger partial charge in [-0.15, -0.1) is 0 Å². The molecule has 1 aliphatic carbocycles. The minimum Gasteiger partial charge on any atom is -0.375 e. The molecule has 28 heavy (non-hydrogen) atoms. The zero-order valence-electron chi connectivity index (χ0n) is 17.8. The Hall–Kier alpha value is -1.30. The molecule has 0 bridgehead atoms. The predicted molar refractivity (Wildman–Crippen MR) is 110 cm³/mol. The van der Waals surface area contributed by atoms with Crippen molar-refractivity contribution in [1.82, 2.24) is 15.5 Å². The largest absolute Gasteiger partial charge is 0.375 e. The number of amides is 3. The second kappa shape index (κ2) is 9.95. The average Bonchev–Trinajstić information content (AvgIpc) is 2.67. The molecule has 6 heteroatoms. The number of urea groups is 1. The molecule has 2 N–H and O–H groups in total. The third kappa shape index (κ3) is 6.10. The van der Waals surface area contributed by atoms with Crippen LogP contribution in [-0.4, -0.2) is 54.7 Å². The van der Waals surface area contributed by atoms with E-state index in [0.717, 1.165) is 51.9 Å². The van der Waals surface area contributed by atoms with Crippen LogP contribution >= 0.6 is 0 Å². The molecular weight excluding hydrogens is 354 g/mol. The van der Waals surface area contributed by atoms with Crippen molar-refractivity contribution in [3.63, 3.8) is 0 Å². The van der Waals surface area contributed by atoms with E-state index in [0.29, 0.717) is 18.3 Å².